The van der Waals surface area contributed by atoms with Gasteiger partial charge < -0.3 is 10.1 Å². The first-order chi connectivity index (χ1) is 11.2. The highest BCUT2D eigenvalue weighted by Gasteiger charge is 2.27. The Morgan fingerprint density at radius 2 is 1.83 bits per heavy atom. The van der Waals surface area contributed by atoms with Crippen LogP contribution in [0.4, 0.5) is 8.78 Å². The number of alkyl halides is 2. The third-order valence-corrected chi connectivity index (χ3v) is 5.12. The molecule has 0 radical (unpaired) electrons. The van der Waals surface area contributed by atoms with Gasteiger partial charge in [-0.25, -0.2) is 13.2 Å². The van der Waals surface area contributed by atoms with E-state index in [1.54, 1.807) is 0 Å². The summed E-state index contributed by atoms with van der Waals surface area (Å²) in [5.74, 6) is -4.15. The van der Waals surface area contributed by atoms with E-state index >= 15 is 0 Å². The molecule has 0 bridgehead atoms. The lowest BCUT2D eigenvalue weighted by Crippen LogP contribution is -2.41. The number of carbonyl (C=O) groups excluding carboxylic acids is 2. The van der Waals surface area contributed by atoms with Crippen molar-refractivity contribution in [1.82, 2.24) is 5.32 Å². The molecule has 0 aliphatic carbocycles. The zero-order chi connectivity index (χ0) is 18.3. The smallest absolute Gasteiger partial charge is 0.341 e. The van der Waals surface area contributed by atoms with E-state index < -0.39 is 38.4 Å². The van der Waals surface area contributed by atoms with E-state index in [1.165, 1.54) is 18.9 Å². The Morgan fingerprint density at radius 3 is 2.29 bits per heavy atom. The lowest BCUT2D eigenvalue weighted by molar-refractivity contribution is -0.142. The van der Waals surface area contributed by atoms with Gasteiger partial charge in [-0.1, -0.05) is 0 Å². The minimum absolute atomic E-state index is 0.0428. The molecule has 0 fully saturated rings. The zero-order valence-electron chi connectivity index (χ0n) is 13.0. The van der Waals surface area contributed by atoms with Crippen LogP contribution in [-0.2, 0) is 19.4 Å². The average Bonchev–Trinajstić information content (AvgIpc) is 2.57. The third-order valence-electron chi connectivity index (χ3n) is 3.08. The van der Waals surface area contributed by atoms with Gasteiger partial charge in [-0.3, -0.25) is 4.79 Å². The van der Waals surface area contributed by atoms with Gasteiger partial charge in [0.1, 0.15) is 6.04 Å². The molecular weight excluding hydrogens is 364 g/mol. The zero-order valence-corrected chi connectivity index (χ0v) is 14.6. The summed E-state index contributed by atoms with van der Waals surface area (Å²) >= 11 is 1.49. The van der Waals surface area contributed by atoms with Crippen molar-refractivity contribution in [3.05, 3.63) is 29.8 Å². The number of nitrogens with one attached hydrogen (secondary N) is 1. The maximum absolute atomic E-state index is 12.5. The van der Waals surface area contributed by atoms with E-state index in [0.717, 1.165) is 24.3 Å². The highest BCUT2D eigenvalue weighted by molar-refractivity contribution is 7.98. The summed E-state index contributed by atoms with van der Waals surface area (Å²) in [5, 5.41) is 2.48. The summed E-state index contributed by atoms with van der Waals surface area (Å²) in [7, 11) is -3.51. The molecule has 0 aliphatic rings. The average molecular weight is 381 g/mol. The fraction of sp³-hybridized carbons (Fsp3) is 0.429. The van der Waals surface area contributed by atoms with Gasteiger partial charge in [0.2, 0.25) is 9.84 Å². The van der Waals surface area contributed by atoms with Crippen molar-refractivity contribution in [2.45, 2.75) is 23.1 Å². The lowest BCUT2D eigenvalue weighted by atomic mass is 10.1. The van der Waals surface area contributed by atoms with Crippen LogP contribution in [0.25, 0.3) is 0 Å². The maximum atomic E-state index is 12.5. The molecule has 0 saturated carbocycles. The predicted molar refractivity (Wildman–Crippen MR) is 85.9 cm³/mol. The minimum Gasteiger partial charge on any atom is -0.467 e. The summed E-state index contributed by atoms with van der Waals surface area (Å²) in [5.41, 5.74) is 0.0428. The van der Waals surface area contributed by atoms with E-state index in [4.69, 9.17) is 0 Å². The SMILES string of the molecule is COC(=O)C(CCSC)NC(=O)c1ccc(S(=O)(=O)C(F)F)cc1. The predicted octanol–water partition coefficient (Wildman–Crippen LogP) is 1.71. The molecule has 1 amide bonds. The Labute approximate surface area is 142 Å². The number of halogens is 2. The van der Waals surface area contributed by atoms with E-state index in [9.17, 15) is 26.8 Å². The van der Waals surface area contributed by atoms with Crippen LogP contribution in [0.3, 0.4) is 0 Å². The fourth-order valence-electron chi connectivity index (χ4n) is 1.77. The first-order valence-corrected chi connectivity index (χ1v) is 9.67. The molecule has 0 spiro atoms. The second kappa shape index (κ2) is 8.97. The number of rotatable bonds is 8. The molecule has 6 nitrogen and oxygen atoms in total. The third kappa shape index (κ3) is 5.17. The van der Waals surface area contributed by atoms with Gasteiger partial charge in [0.25, 0.3) is 5.91 Å². The molecule has 134 valence electrons. The van der Waals surface area contributed by atoms with E-state index in [0.29, 0.717) is 12.2 Å². The largest absolute Gasteiger partial charge is 0.467 e. The van der Waals surface area contributed by atoms with Crippen molar-refractivity contribution in [2.75, 3.05) is 19.1 Å². The van der Waals surface area contributed by atoms with Crippen molar-refractivity contribution >= 4 is 33.5 Å². The van der Waals surface area contributed by atoms with Crippen LogP contribution in [0.1, 0.15) is 16.8 Å². The molecular formula is C14H17F2NO5S2. The van der Waals surface area contributed by atoms with Crippen molar-refractivity contribution in [3.8, 4) is 0 Å². The Balaban J connectivity index is 2.89. The van der Waals surface area contributed by atoms with Gasteiger partial charge in [0.05, 0.1) is 12.0 Å². The molecule has 1 unspecified atom stereocenters. The van der Waals surface area contributed by atoms with Gasteiger partial charge >= 0.3 is 11.7 Å². The molecule has 0 aliphatic heterocycles. The molecule has 0 heterocycles. The van der Waals surface area contributed by atoms with Crippen LogP contribution in [0, 0.1) is 0 Å². The second-order valence-corrected chi connectivity index (χ2v) is 7.56. The molecule has 0 saturated heterocycles. The highest BCUT2D eigenvalue weighted by Crippen LogP contribution is 2.18. The number of amides is 1. The molecule has 1 N–H and O–H groups in total. The van der Waals surface area contributed by atoms with E-state index in [1.807, 2.05) is 6.26 Å². The van der Waals surface area contributed by atoms with Crippen LogP contribution < -0.4 is 5.32 Å². The molecule has 0 aromatic heterocycles. The van der Waals surface area contributed by atoms with Crippen molar-refractivity contribution in [3.63, 3.8) is 0 Å². The topological polar surface area (TPSA) is 89.5 Å². The number of esters is 1. The second-order valence-electron chi connectivity index (χ2n) is 4.66. The van der Waals surface area contributed by atoms with E-state index in [2.05, 4.69) is 10.1 Å². The van der Waals surface area contributed by atoms with Gasteiger partial charge in [-0.2, -0.15) is 20.5 Å². The Kier molecular flexibility index (Phi) is 7.61. The number of ether oxygens (including phenoxy) is 1. The first-order valence-electron chi connectivity index (χ1n) is 6.73. The Hall–Kier alpha value is -1.68. The monoisotopic (exact) mass is 381 g/mol. The fourth-order valence-corrected chi connectivity index (χ4v) is 2.96. The van der Waals surface area contributed by atoms with Gasteiger partial charge in [0, 0.05) is 5.56 Å². The summed E-state index contributed by atoms with van der Waals surface area (Å²) in [6, 6.07) is 3.21. The highest BCUT2D eigenvalue weighted by atomic mass is 32.2. The Bertz CT molecular complexity index is 677. The maximum Gasteiger partial charge on any atom is 0.341 e. The van der Waals surface area contributed by atoms with Gasteiger partial charge in [0.15, 0.2) is 0 Å². The van der Waals surface area contributed by atoms with Crippen LogP contribution in [-0.4, -0.2) is 51.2 Å². The van der Waals surface area contributed by atoms with Gasteiger partial charge in [-0.05, 0) is 42.7 Å². The number of hydrogen-bond donors (Lipinski definition) is 1. The van der Waals surface area contributed by atoms with Crippen LogP contribution >= 0.6 is 11.8 Å². The quantitative estimate of drug-likeness (QED) is 0.690. The summed E-state index contributed by atoms with van der Waals surface area (Å²) in [4.78, 5) is 23.2. The van der Waals surface area contributed by atoms with E-state index in [-0.39, 0.29) is 5.56 Å². The summed E-state index contributed by atoms with van der Waals surface area (Å²) < 4.78 is 52.2. The number of sulfone groups is 1. The Morgan fingerprint density at radius 1 is 1.25 bits per heavy atom. The summed E-state index contributed by atoms with van der Waals surface area (Å²) in [6.45, 7) is 0. The molecule has 1 atom stereocenters. The van der Waals surface area contributed by atoms with Crippen LogP contribution in [0.15, 0.2) is 29.2 Å². The number of hydrogen-bond acceptors (Lipinski definition) is 6. The minimum atomic E-state index is -4.71. The molecule has 1 aromatic rings. The van der Waals surface area contributed by atoms with Crippen LogP contribution in [0.5, 0.6) is 0 Å². The van der Waals surface area contributed by atoms with Crippen molar-refractivity contribution in [2.24, 2.45) is 0 Å². The van der Waals surface area contributed by atoms with Crippen LogP contribution in [0.2, 0.25) is 0 Å². The normalized spacial score (nSPS) is 12.7. The van der Waals surface area contributed by atoms with Crippen molar-refractivity contribution < 1.29 is 31.5 Å². The standard InChI is InChI=1S/C14H17F2NO5S2/c1-22-13(19)11(7-8-23-2)17-12(18)9-3-5-10(6-4-9)24(20,21)14(15)16/h3-6,11,14H,7-8H2,1-2H3,(H,17,18). The van der Waals surface area contributed by atoms with Crippen molar-refractivity contribution in [1.29, 1.82) is 0 Å². The molecule has 10 heteroatoms. The lowest BCUT2D eigenvalue weighted by Gasteiger charge is -2.16. The number of methoxy groups -OCH3 is 1. The summed E-state index contributed by atoms with van der Waals surface area (Å²) in [6.07, 6.45) is 2.20. The van der Waals surface area contributed by atoms with Gasteiger partial charge in [-0.15, -0.1) is 0 Å². The molecule has 24 heavy (non-hydrogen) atoms. The number of carbonyl (C=O) groups is 2. The number of thioether (sulfide) groups is 1. The molecule has 1 aromatic carbocycles. The number of benzene rings is 1. The first kappa shape index (κ1) is 20.4. The molecule has 1 rings (SSSR count).